The van der Waals surface area contributed by atoms with Gasteiger partial charge in [0.1, 0.15) is 16.9 Å². The van der Waals surface area contributed by atoms with E-state index in [9.17, 15) is 15.3 Å². The molecule has 1 aliphatic heterocycles. The maximum Gasteiger partial charge on any atom is 0.224 e. The first-order chi connectivity index (χ1) is 17.9. The summed E-state index contributed by atoms with van der Waals surface area (Å²) < 4.78 is 1.07. The van der Waals surface area contributed by atoms with Crippen molar-refractivity contribution in [3.8, 4) is 10.6 Å². The average molecular weight is 528 g/mol. The van der Waals surface area contributed by atoms with Crippen LogP contribution in [0.1, 0.15) is 18.5 Å². The van der Waals surface area contributed by atoms with Crippen LogP contribution in [0.2, 0.25) is 0 Å². The summed E-state index contributed by atoms with van der Waals surface area (Å²) in [7, 11) is 2.16. The van der Waals surface area contributed by atoms with Crippen molar-refractivity contribution in [2.45, 2.75) is 38.0 Å². The normalized spacial score (nSPS) is 25.1. The molecule has 1 saturated carbocycles. The molecule has 2 aliphatic rings. The minimum Gasteiger partial charge on any atom is -0.396 e. The topological polar surface area (TPSA) is 130 Å². The number of nitrogens with one attached hydrogen (secondary N) is 2. The molecular formula is C26H37N7O3S. The van der Waals surface area contributed by atoms with E-state index in [1.54, 1.807) is 11.3 Å². The van der Waals surface area contributed by atoms with Gasteiger partial charge in [0.25, 0.3) is 0 Å². The van der Waals surface area contributed by atoms with Gasteiger partial charge in [-0.05, 0) is 45.5 Å². The Labute approximate surface area is 221 Å². The van der Waals surface area contributed by atoms with Crippen LogP contribution in [0, 0.1) is 12.8 Å². The molecule has 11 heteroatoms. The van der Waals surface area contributed by atoms with Gasteiger partial charge in [0.2, 0.25) is 5.95 Å². The molecule has 10 nitrogen and oxygen atoms in total. The van der Waals surface area contributed by atoms with E-state index in [0.717, 1.165) is 72.2 Å². The van der Waals surface area contributed by atoms with Gasteiger partial charge in [-0.15, -0.1) is 11.3 Å². The number of aromatic nitrogens is 3. The molecule has 5 N–H and O–H groups in total. The number of aryl methyl sites for hydroxylation is 1. The Bertz CT molecular complexity index is 1170. The lowest BCUT2D eigenvalue weighted by molar-refractivity contribution is 0.00446. The van der Waals surface area contributed by atoms with E-state index < -0.39 is 18.2 Å². The number of rotatable bonds is 9. The second-order valence-corrected chi connectivity index (χ2v) is 11.2. The monoisotopic (exact) mass is 527 g/mol. The molecule has 1 aromatic carbocycles. The fourth-order valence-electron chi connectivity index (χ4n) is 5.19. The first-order valence-corrected chi connectivity index (χ1v) is 13.9. The molecule has 5 rings (SSSR count). The van der Waals surface area contributed by atoms with Gasteiger partial charge in [-0.2, -0.15) is 4.98 Å². The van der Waals surface area contributed by atoms with E-state index in [1.165, 1.54) is 0 Å². The van der Waals surface area contributed by atoms with E-state index in [4.69, 9.17) is 15.0 Å². The van der Waals surface area contributed by atoms with Crippen LogP contribution in [0.3, 0.4) is 0 Å². The van der Waals surface area contributed by atoms with Crippen molar-refractivity contribution >= 4 is 33.3 Å². The third kappa shape index (κ3) is 5.87. The standard InChI is InChI=1S/C26H37N7O3S/c1-16-21(25-30-18-6-3-4-7-20(18)37-25)24(29-19-14-17(15-34)22(35)23(19)36)31-26(28-16)27-8-5-9-33-12-10-32(2)11-13-33/h3-4,6-7,17,19,22-23,34-36H,5,8-15H2,1-2H3,(H2,27,28,29,31)/t17-,19-,22-,23+/m1/s1. The summed E-state index contributed by atoms with van der Waals surface area (Å²) in [6.45, 7) is 7.97. The smallest absolute Gasteiger partial charge is 0.224 e. The summed E-state index contributed by atoms with van der Waals surface area (Å²) >= 11 is 1.57. The van der Waals surface area contributed by atoms with Crippen molar-refractivity contribution in [1.82, 2.24) is 24.8 Å². The number of nitrogens with zero attached hydrogens (tertiary/aromatic N) is 5. The lowest BCUT2D eigenvalue weighted by atomic mass is 10.1. The van der Waals surface area contributed by atoms with Crippen LogP contribution in [0.15, 0.2) is 24.3 Å². The van der Waals surface area contributed by atoms with Crippen LogP contribution in [0.5, 0.6) is 0 Å². The Morgan fingerprint density at radius 1 is 1.05 bits per heavy atom. The molecular weight excluding hydrogens is 490 g/mol. The van der Waals surface area contributed by atoms with Gasteiger partial charge in [-0.1, -0.05) is 12.1 Å². The van der Waals surface area contributed by atoms with Gasteiger partial charge in [0.15, 0.2) is 0 Å². The minimum absolute atomic E-state index is 0.177. The third-order valence-electron chi connectivity index (χ3n) is 7.49. The maximum absolute atomic E-state index is 10.6. The van der Waals surface area contributed by atoms with Crippen molar-refractivity contribution < 1.29 is 15.3 Å². The number of piperazine rings is 1. The van der Waals surface area contributed by atoms with Crippen LogP contribution in [0.25, 0.3) is 20.8 Å². The fraction of sp³-hybridized carbons (Fsp3) is 0.577. The highest BCUT2D eigenvalue weighted by molar-refractivity contribution is 7.21. The van der Waals surface area contributed by atoms with Crippen molar-refractivity contribution in [3.05, 3.63) is 30.0 Å². The van der Waals surface area contributed by atoms with Crippen LogP contribution >= 0.6 is 11.3 Å². The van der Waals surface area contributed by atoms with E-state index >= 15 is 0 Å². The van der Waals surface area contributed by atoms with Crippen molar-refractivity contribution in [1.29, 1.82) is 0 Å². The van der Waals surface area contributed by atoms with E-state index in [1.807, 2.05) is 31.2 Å². The SMILES string of the molecule is Cc1nc(NCCCN2CCN(C)CC2)nc(N[C@@H]2C[C@H](CO)[C@@H](O)[C@H]2O)c1-c1nc2ccccc2s1. The first kappa shape index (κ1) is 26.2. The Morgan fingerprint density at radius 3 is 2.57 bits per heavy atom. The van der Waals surface area contributed by atoms with E-state index in [2.05, 4.69) is 27.5 Å². The van der Waals surface area contributed by atoms with E-state index in [0.29, 0.717) is 18.2 Å². The molecule has 0 bridgehead atoms. The second-order valence-electron chi connectivity index (χ2n) is 10.2. The maximum atomic E-state index is 10.6. The minimum atomic E-state index is -1.00. The van der Waals surface area contributed by atoms with Crippen molar-refractivity contribution in [3.63, 3.8) is 0 Å². The molecule has 3 aromatic rings. The third-order valence-corrected chi connectivity index (χ3v) is 8.54. The lowest BCUT2D eigenvalue weighted by Gasteiger charge is -2.32. The number of fused-ring (bicyclic) bond motifs is 1. The van der Waals surface area contributed by atoms with E-state index in [-0.39, 0.29) is 12.5 Å². The summed E-state index contributed by atoms with van der Waals surface area (Å²) in [5.41, 5.74) is 2.49. The van der Waals surface area contributed by atoms with Gasteiger partial charge < -0.3 is 35.8 Å². The lowest BCUT2D eigenvalue weighted by Crippen LogP contribution is -2.44. The zero-order valence-corrected chi connectivity index (χ0v) is 22.3. The van der Waals surface area contributed by atoms with Gasteiger partial charge in [-0.25, -0.2) is 9.97 Å². The highest BCUT2D eigenvalue weighted by Crippen LogP contribution is 2.38. The van der Waals surface area contributed by atoms with Crippen LogP contribution in [-0.4, -0.2) is 111 Å². The van der Waals surface area contributed by atoms with Crippen LogP contribution < -0.4 is 10.6 Å². The number of anilines is 2. The summed E-state index contributed by atoms with van der Waals surface area (Å²) in [4.78, 5) is 19.2. The number of likely N-dealkylation sites (N-methyl/N-ethyl adjacent to an activating group) is 1. The van der Waals surface area contributed by atoms with Crippen LogP contribution in [0.4, 0.5) is 11.8 Å². The summed E-state index contributed by atoms with van der Waals surface area (Å²) in [6.07, 6.45) is -0.561. The Kier molecular flexibility index (Phi) is 8.18. The predicted molar refractivity (Wildman–Crippen MR) is 147 cm³/mol. The number of para-hydroxylation sites is 1. The molecule has 0 radical (unpaired) electrons. The number of aliphatic hydroxyl groups is 3. The average Bonchev–Trinajstić information content (AvgIpc) is 3.43. The molecule has 0 unspecified atom stereocenters. The Balaban J connectivity index is 1.36. The summed E-state index contributed by atoms with van der Waals surface area (Å²) in [5, 5.41) is 38.2. The molecule has 1 aliphatic carbocycles. The Hall–Kier alpha value is -2.41. The molecule has 4 atom stereocenters. The second kappa shape index (κ2) is 11.5. The number of hydrogen-bond acceptors (Lipinski definition) is 11. The quantitative estimate of drug-likeness (QED) is 0.262. The molecule has 1 saturated heterocycles. The molecule has 2 aromatic heterocycles. The predicted octanol–water partition coefficient (Wildman–Crippen LogP) is 1.63. The zero-order valence-electron chi connectivity index (χ0n) is 21.5. The molecule has 0 amide bonds. The molecule has 0 spiro atoms. The number of hydrogen-bond donors (Lipinski definition) is 5. The van der Waals surface area contributed by atoms with Gasteiger partial charge in [0, 0.05) is 45.2 Å². The highest BCUT2D eigenvalue weighted by Gasteiger charge is 2.41. The molecule has 37 heavy (non-hydrogen) atoms. The van der Waals surface area contributed by atoms with Crippen molar-refractivity contribution in [2.75, 3.05) is 63.6 Å². The molecule has 200 valence electrons. The van der Waals surface area contributed by atoms with Gasteiger partial charge in [-0.3, -0.25) is 0 Å². The molecule has 3 heterocycles. The summed E-state index contributed by atoms with van der Waals surface area (Å²) in [6, 6.07) is 7.54. The highest BCUT2D eigenvalue weighted by atomic mass is 32.1. The fourth-order valence-corrected chi connectivity index (χ4v) is 6.25. The van der Waals surface area contributed by atoms with Gasteiger partial charge >= 0.3 is 0 Å². The number of benzene rings is 1. The van der Waals surface area contributed by atoms with Gasteiger partial charge in [0.05, 0.1) is 33.6 Å². The summed E-state index contributed by atoms with van der Waals surface area (Å²) in [5.74, 6) is 0.714. The number of thiazole rings is 1. The first-order valence-electron chi connectivity index (χ1n) is 13.1. The molecule has 2 fully saturated rings. The Morgan fingerprint density at radius 2 is 1.84 bits per heavy atom. The van der Waals surface area contributed by atoms with Crippen LogP contribution in [-0.2, 0) is 0 Å². The zero-order chi connectivity index (χ0) is 25.9. The number of aliphatic hydroxyl groups excluding tert-OH is 3. The van der Waals surface area contributed by atoms with Crippen molar-refractivity contribution in [2.24, 2.45) is 5.92 Å². The largest absolute Gasteiger partial charge is 0.396 e.